The third-order valence-electron chi connectivity index (χ3n) is 3.45. The van der Waals surface area contributed by atoms with Crippen molar-refractivity contribution >= 4 is 5.97 Å². The molecule has 0 aliphatic carbocycles. The molecule has 0 fully saturated rings. The number of carbonyl (C=O) groups is 1. The SMILES string of the molecule is C[N-]C1C(N=[N+]=[N-])C=C(C(=O)OC)O[C@H]1C(C)C(O)CO.[Ac].[Ac].[Ac]. The number of rotatable bonds is 6. The summed E-state index contributed by atoms with van der Waals surface area (Å²) in [6.45, 7) is 1.19. The third-order valence-corrected chi connectivity index (χ3v) is 3.45. The molecule has 9 nitrogen and oxygen atoms in total. The maximum Gasteiger partial charge on any atom is 0.372 e. The van der Waals surface area contributed by atoms with Gasteiger partial charge in [0, 0.05) is 149 Å². The Labute approximate surface area is 248 Å². The first-order valence-corrected chi connectivity index (χ1v) is 6.39. The zero-order valence-corrected chi connectivity index (χ0v) is 28.0. The molecule has 5 atom stereocenters. The summed E-state index contributed by atoms with van der Waals surface area (Å²) in [5.41, 5.74) is 8.64. The molecule has 0 aromatic heterocycles. The van der Waals surface area contributed by atoms with E-state index in [1.54, 1.807) is 6.92 Å². The zero-order chi connectivity index (χ0) is 16.0. The summed E-state index contributed by atoms with van der Waals surface area (Å²) in [5, 5.41) is 26.5. The summed E-state index contributed by atoms with van der Waals surface area (Å²) < 4.78 is 10.1. The van der Waals surface area contributed by atoms with Gasteiger partial charge in [0.2, 0.25) is 5.76 Å². The molecule has 24 heavy (non-hydrogen) atoms. The standard InChI is InChI=1S/C12H19N4O5.3Ac/c1-6(8(18)5-17)11-10(14-2)7(15-16-13)4-9(21-11)12(19)20-3;;;/h4,6-8,10-11,17-18H,5H2,1-3H3;;;/q-1;;;/t6?,7?,8?,10?,11-;;;/m0.../s1. The molecule has 0 aromatic rings. The van der Waals surface area contributed by atoms with Gasteiger partial charge in [-0.25, -0.2) is 4.79 Å². The van der Waals surface area contributed by atoms with Crippen molar-refractivity contribution in [2.24, 2.45) is 11.0 Å². The second-order valence-electron chi connectivity index (χ2n) is 4.66. The first-order chi connectivity index (χ1) is 9.99. The quantitative estimate of drug-likeness (QED) is 0.173. The van der Waals surface area contributed by atoms with Crippen LogP contribution in [0.25, 0.3) is 15.8 Å². The molecule has 1 aliphatic heterocycles. The van der Waals surface area contributed by atoms with Crippen LogP contribution in [0.15, 0.2) is 16.9 Å². The minimum Gasteiger partial charge on any atom is -0.659 e. The fourth-order valence-corrected chi connectivity index (χ4v) is 2.18. The average molecular weight is 980 g/mol. The molecule has 127 valence electrons. The van der Waals surface area contributed by atoms with Crippen LogP contribution in [0, 0.1) is 138 Å². The van der Waals surface area contributed by atoms with Crippen molar-refractivity contribution in [2.45, 2.75) is 31.2 Å². The Hall–Kier alpha value is 2.52. The van der Waals surface area contributed by atoms with Crippen LogP contribution in [-0.4, -0.2) is 61.2 Å². The van der Waals surface area contributed by atoms with E-state index in [2.05, 4.69) is 20.1 Å². The van der Waals surface area contributed by atoms with E-state index in [1.807, 2.05) is 0 Å². The number of esters is 1. The van der Waals surface area contributed by atoms with Gasteiger partial charge in [-0.2, -0.15) is 7.05 Å². The van der Waals surface area contributed by atoms with Crippen molar-refractivity contribution in [2.75, 3.05) is 20.8 Å². The minimum absolute atomic E-state index is 0. The molecule has 0 saturated carbocycles. The maximum absolute atomic E-state index is 11.6. The van der Waals surface area contributed by atoms with Gasteiger partial charge in [-0.1, -0.05) is 18.1 Å². The van der Waals surface area contributed by atoms with Gasteiger partial charge in [0.1, 0.15) is 0 Å². The summed E-state index contributed by atoms with van der Waals surface area (Å²) in [6, 6.07) is -1.31. The summed E-state index contributed by atoms with van der Waals surface area (Å²) in [6.07, 6.45) is -0.438. The van der Waals surface area contributed by atoms with Crippen molar-refractivity contribution < 1.29 is 157 Å². The first-order valence-electron chi connectivity index (χ1n) is 6.39. The van der Waals surface area contributed by atoms with E-state index in [-0.39, 0.29) is 138 Å². The number of ether oxygens (including phenoxy) is 2. The van der Waals surface area contributed by atoms with Gasteiger partial charge in [0.05, 0.1) is 25.9 Å². The van der Waals surface area contributed by atoms with Gasteiger partial charge < -0.3 is 25.0 Å². The van der Waals surface area contributed by atoms with Gasteiger partial charge in [0.25, 0.3) is 0 Å². The van der Waals surface area contributed by atoms with Gasteiger partial charge in [0.15, 0.2) is 0 Å². The molecule has 3 radical (unpaired) electrons. The molecule has 1 aliphatic rings. The Morgan fingerprint density at radius 3 is 2.54 bits per heavy atom. The largest absolute Gasteiger partial charge is 0.659 e. The molecule has 1 heterocycles. The van der Waals surface area contributed by atoms with Crippen molar-refractivity contribution in [3.8, 4) is 0 Å². The normalized spacial score (nSPS) is 24.2. The number of carbonyl (C=O) groups excluding carboxylic acids is 1. The van der Waals surface area contributed by atoms with Crippen molar-refractivity contribution in [1.29, 1.82) is 0 Å². The second kappa shape index (κ2) is 16.5. The predicted molar refractivity (Wildman–Crippen MR) is 73.2 cm³/mol. The smallest absolute Gasteiger partial charge is 0.372 e. The van der Waals surface area contributed by atoms with E-state index in [0.29, 0.717) is 0 Å². The first kappa shape index (κ1) is 31.2. The molecule has 0 saturated heterocycles. The molecule has 4 unspecified atom stereocenters. The second-order valence-corrected chi connectivity index (χ2v) is 4.66. The van der Waals surface area contributed by atoms with Crippen LogP contribution >= 0.6 is 0 Å². The van der Waals surface area contributed by atoms with Crippen LogP contribution in [0.2, 0.25) is 0 Å². The summed E-state index contributed by atoms with van der Waals surface area (Å²) >= 11 is 0. The Bertz CT molecular complexity index is 462. The number of nitrogens with zero attached hydrogens (tertiary/aromatic N) is 4. The van der Waals surface area contributed by atoms with Crippen molar-refractivity contribution in [3.05, 3.63) is 27.6 Å². The van der Waals surface area contributed by atoms with Crippen LogP contribution in [0.5, 0.6) is 0 Å². The van der Waals surface area contributed by atoms with E-state index in [0.717, 1.165) is 0 Å². The minimum atomic E-state index is -1.05. The Morgan fingerprint density at radius 1 is 1.54 bits per heavy atom. The number of likely N-dealkylation sites (N-methyl/N-ethyl adjacent to an activating group) is 1. The van der Waals surface area contributed by atoms with Gasteiger partial charge in [-0.15, -0.1) is 0 Å². The van der Waals surface area contributed by atoms with Crippen LogP contribution in [0.4, 0.5) is 0 Å². The average Bonchev–Trinajstić information content (AvgIpc) is 2.51. The maximum atomic E-state index is 11.6. The number of hydrogen-bond donors (Lipinski definition) is 2. The number of aliphatic hydroxyl groups is 2. The van der Waals surface area contributed by atoms with E-state index in [1.165, 1.54) is 20.2 Å². The number of hydrogen-bond acceptors (Lipinski definition) is 6. The molecule has 12 heteroatoms. The van der Waals surface area contributed by atoms with Gasteiger partial charge in [-0.05, 0) is 11.6 Å². The molecular weight excluding hydrogens is 961 g/mol. The molecule has 0 spiro atoms. The van der Waals surface area contributed by atoms with E-state index >= 15 is 0 Å². The predicted octanol–water partition coefficient (Wildman–Crippen LogP) is 0.482. The summed E-state index contributed by atoms with van der Waals surface area (Å²) in [5.74, 6) is -1.34. The van der Waals surface area contributed by atoms with Crippen LogP contribution in [-0.2, 0) is 14.3 Å². The molecule has 2 N–H and O–H groups in total. The molecule has 1 rings (SSSR count). The Balaban J connectivity index is -0.00000147. The zero-order valence-electron chi connectivity index (χ0n) is 13.8. The van der Waals surface area contributed by atoms with Crippen LogP contribution in [0.1, 0.15) is 6.92 Å². The third kappa shape index (κ3) is 8.69. The summed E-state index contributed by atoms with van der Waals surface area (Å²) in [7, 11) is 2.72. The van der Waals surface area contributed by atoms with Crippen molar-refractivity contribution in [1.82, 2.24) is 0 Å². The van der Waals surface area contributed by atoms with E-state index in [9.17, 15) is 9.90 Å². The van der Waals surface area contributed by atoms with Gasteiger partial charge in [-0.3, -0.25) is 0 Å². The Kier molecular flexibility index (Phi) is 21.4. The molecule has 0 aromatic carbocycles. The summed E-state index contributed by atoms with van der Waals surface area (Å²) in [4.78, 5) is 14.4. The fraction of sp³-hybridized carbons (Fsp3) is 0.750. The fourth-order valence-electron chi connectivity index (χ4n) is 2.18. The molecule has 0 bridgehead atoms. The number of aliphatic hydroxyl groups excluding tert-OH is 2. The van der Waals surface area contributed by atoms with Gasteiger partial charge >= 0.3 is 5.97 Å². The molecular formula is C12H19Ac3N4O5-. The Morgan fingerprint density at radius 2 is 2.12 bits per heavy atom. The van der Waals surface area contributed by atoms with E-state index in [4.69, 9.17) is 15.4 Å². The van der Waals surface area contributed by atoms with Crippen LogP contribution in [0.3, 0.4) is 0 Å². The monoisotopic (exact) mass is 980 g/mol. The number of methoxy groups -OCH3 is 1. The van der Waals surface area contributed by atoms with Crippen molar-refractivity contribution in [3.63, 3.8) is 0 Å². The topological polar surface area (TPSA) is 139 Å². The van der Waals surface area contributed by atoms with Crippen LogP contribution < -0.4 is 0 Å². The van der Waals surface area contributed by atoms with E-state index < -0.39 is 42.8 Å². The number of azide groups is 1. The molecule has 0 amide bonds.